The van der Waals surface area contributed by atoms with Crippen molar-refractivity contribution in [3.63, 3.8) is 0 Å². The van der Waals surface area contributed by atoms with E-state index in [1.807, 2.05) is 0 Å². The Hall–Kier alpha value is -0.690. The molecule has 0 aliphatic carbocycles. The van der Waals surface area contributed by atoms with Crippen molar-refractivity contribution in [2.75, 3.05) is 6.54 Å². The molecule has 0 unspecified atom stereocenters. The van der Waals surface area contributed by atoms with E-state index in [2.05, 4.69) is 23.9 Å². The molecule has 0 aromatic carbocycles. The molecule has 0 bridgehead atoms. The van der Waals surface area contributed by atoms with E-state index in [9.17, 15) is 0 Å². The molecule has 10 heavy (non-hydrogen) atoms. The van der Waals surface area contributed by atoms with Gasteiger partial charge in [-0.3, -0.25) is 0 Å². The van der Waals surface area contributed by atoms with Crippen molar-refractivity contribution in [1.29, 1.82) is 0 Å². The Morgan fingerprint density at radius 3 is 2.40 bits per heavy atom. The second kappa shape index (κ2) is 6.43. The lowest BCUT2D eigenvalue weighted by Crippen LogP contribution is -1.97. The van der Waals surface area contributed by atoms with Gasteiger partial charge in [-0.25, -0.2) is 0 Å². The van der Waals surface area contributed by atoms with Crippen molar-refractivity contribution in [3.05, 3.63) is 10.4 Å². The van der Waals surface area contributed by atoms with Crippen LogP contribution >= 0.6 is 0 Å². The molecule has 58 valence electrons. The summed E-state index contributed by atoms with van der Waals surface area (Å²) < 4.78 is 0. The van der Waals surface area contributed by atoms with Crippen molar-refractivity contribution in [2.45, 2.75) is 33.1 Å². The third-order valence-electron chi connectivity index (χ3n) is 1.86. The Balaban J connectivity index is 3.34. The van der Waals surface area contributed by atoms with Gasteiger partial charge in [0.05, 0.1) is 0 Å². The summed E-state index contributed by atoms with van der Waals surface area (Å²) in [5.74, 6) is 0.741. The molecule has 3 heteroatoms. The standard InChI is InChI=1S/C7H15N3/c1-3-7(4-2)5-6-9-10-8/h7H,3-6H2,1-2H3. The molecule has 0 N–H and O–H groups in total. The van der Waals surface area contributed by atoms with Gasteiger partial charge in [0.25, 0.3) is 0 Å². The van der Waals surface area contributed by atoms with Gasteiger partial charge in [0.2, 0.25) is 0 Å². The monoisotopic (exact) mass is 141 g/mol. The molecule has 0 aliphatic heterocycles. The highest BCUT2D eigenvalue weighted by Gasteiger charge is 2.00. The van der Waals surface area contributed by atoms with Gasteiger partial charge >= 0.3 is 0 Å². The van der Waals surface area contributed by atoms with Gasteiger partial charge in [0.1, 0.15) is 0 Å². The lowest BCUT2D eigenvalue weighted by Gasteiger charge is -2.08. The summed E-state index contributed by atoms with van der Waals surface area (Å²) in [6.07, 6.45) is 3.42. The molecule has 0 aromatic heterocycles. The molecule has 0 atom stereocenters. The molecule has 0 radical (unpaired) electrons. The van der Waals surface area contributed by atoms with Crippen LogP contribution in [0.3, 0.4) is 0 Å². The zero-order valence-corrected chi connectivity index (χ0v) is 6.75. The molecule has 0 heterocycles. The maximum atomic E-state index is 7.98. The number of hydrogen-bond donors (Lipinski definition) is 0. The molecule has 3 nitrogen and oxygen atoms in total. The fourth-order valence-corrected chi connectivity index (χ4v) is 0.982. The molecular formula is C7H15N3. The molecule has 0 rings (SSSR count). The Bertz CT molecular complexity index is 112. The molecule has 0 fully saturated rings. The van der Waals surface area contributed by atoms with Crippen LogP contribution in [0.2, 0.25) is 0 Å². The third-order valence-corrected chi connectivity index (χ3v) is 1.86. The summed E-state index contributed by atoms with van der Waals surface area (Å²) >= 11 is 0. The Morgan fingerprint density at radius 2 is 2.00 bits per heavy atom. The van der Waals surface area contributed by atoms with Crippen LogP contribution in [-0.2, 0) is 0 Å². The van der Waals surface area contributed by atoms with Crippen LogP contribution < -0.4 is 0 Å². The Morgan fingerprint density at radius 1 is 1.40 bits per heavy atom. The van der Waals surface area contributed by atoms with Gasteiger partial charge in [0.15, 0.2) is 0 Å². The van der Waals surface area contributed by atoms with Crippen molar-refractivity contribution in [2.24, 2.45) is 11.0 Å². The van der Waals surface area contributed by atoms with E-state index in [1.54, 1.807) is 0 Å². The third kappa shape index (κ3) is 4.21. The first-order valence-electron chi connectivity index (χ1n) is 3.86. The van der Waals surface area contributed by atoms with E-state index in [1.165, 1.54) is 12.8 Å². The quantitative estimate of drug-likeness (QED) is 0.321. The smallest absolute Gasteiger partial charge is 0.0260 e. The van der Waals surface area contributed by atoms with Crippen LogP contribution in [0.1, 0.15) is 33.1 Å². The van der Waals surface area contributed by atoms with E-state index in [0.29, 0.717) is 6.54 Å². The minimum absolute atomic E-state index is 0.656. The minimum atomic E-state index is 0.656. The first-order valence-corrected chi connectivity index (χ1v) is 3.86. The van der Waals surface area contributed by atoms with Gasteiger partial charge in [-0.15, -0.1) is 0 Å². The lowest BCUT2D eigenvalue weighted by molar-refractivity contribution is 0.462. The summed E-state index contributed by atoms with van der Waals surface area (Å²) in [6, 6.07) is 0. The molecule has 0 amide bonds. The van der Waals surface area contributed by atoms with Crippen molar-refractivity contribution >= 4 is 0 Å². The first kappa shape index (κ1) is 9.31. The van der Waals surface area contributed by atoms with Crippen LogP contribution in [-0.4, -0.2) is 6.54 Å². The maximum absolute atomic E-state index is 7.98. The predicted octanol–water partition coefficient (Wildman–Crippen LogP) is 3.12. The zero-order chi connectivity index (χ0) is 7.82. The maximum Gasteiger partial charge on any atom is 0.0260 e. The number of nitrogens with zero attached hydrogens (tertiary/aromatic N) is 3. The summed E-state index contributed by atoms with van der Waals surface area (Å²) in [4.78, 5) is 2.70. The number of hydrogen-bond acceptors (Lipinski definition) is 1. The molecular weight excluding hydrogens is 126 g/mol. The second-order valence-corrected chi connectivity index (χ2v) is 2.43. The van der Waals surface area contributed by atoms with E-state index in [-0.39, 0.29) is 0 Å². The Kier molecular flexibility index (Phi) is 5.99. The van der Waals surface area contributed by atoms with Crippen LogP contribution in [0.5, 0.6) is 0 Å². The largest absolute Gasteiger partial charge is 0.0940 e. The summed E-state index contributed by atoms with van der Waals surface area (Å²) in [7, 11) is 0. The van der Waals surface area contributed by atoms with Crippen molar-refractivity contribution in [3.8, 4) is 0 Å². The van der Waals surface area contributed by atoms with Crippen LogP contribution in [0.15, 0.2) is 5.11 Å². The second-order valence-electron chi connectivity index (χ2n) is 2.43. The van der Waals surface area contributed by atoms with Gasteiger partial charge in [-0.1, -0.05) is 31.8 Å². The molecule has 0 aliphatic rings. The van der Waals surface area contributed by atoms with Crippen molar-refractivity contribution < 1.29 is 0 Å². The van der Waals surface area contributed by atoms with Gasteiger partial charge in [-0.2, -0.15) is 0 Å². The first-order chi connectivity index (χ1) is 4.85. The molecule has 0 aromatic rings. The van der Waals surface area contributed by atoms with E-state index in [0.717, 1.165) is 12.3 Å². The SMILES string of the molecule is CCC(CC)CCN=[N+]=[N-]. The highest BCUT2D eigenvalue weighted by Crippen LogP contribution is 2.11. The molecule has 0 spiro atoms. The summed E-state index contributed by atoms with van der Waals surface area (Å²) in [5.41, 5.74) is 7.98. The summed E-state index contributed by atoms with van der Waals surface area (Å²) in [6.45, 7) is 5.00. The van der Waals surface area contributed by atoms with Crippen molar-refractivity contribution in [1.82, 2.24) is 0 Å². The molecule has 0 saturated carbocycles. The van der Waals surface area contributed by atoms with Gasteiger partial charge < -0.3 is 0 Å². The van der Waals surface area contributed by atoms with Crippen LogP contribution in [0.25, 0.3) is 10.4 Å². The number of rotatable bonds is 5. The van der Waals surface area contributed by atoms with Gasteiger partial charge in [-0.05, 0) is 17.9 Å². The average Bonchev–Trinajstić information content (AvgIpc) is 1.99. The van der Waals surface area contributed by atoms with Crippen LogP contribution in [0, 0.1) is 5.92 Å². The van der Waals surface area contributed by atoms with E-state index < -0.39 is 0 Å². The van der Waals surface area contributed by atoms with Crippen LogP contribution in [0.4, 0.5) is 0 Å². The molecule has 0 saturated heterocycles. The predicted molar refractivity (Wildman–Crippen MR) is 42.7 cm³/mol. The zero-order valence-electron chi connectivity index (χ0n) is 6.75. The highest BCUT2D eigenvalue weighted by molar-refractivity contribution is 4.56. The van der Waals surface area contributed by atoms with Gasteiger partial charge in [0, 0.05) is 11.5 Å². The summed E-state index contributed by atoms with van der Waals surface area (Å²) in [5, 5.41) is 3.49. The fraction of sp³-hybridized carbons (Fsp3) is 1.00. The highest BCUT2D eigenvalue weighted by atomic mass is 15.1. The lowest BCUT2D eigenvalue weighted by atomic mass is 10.00. The minimum Gasteiger partial charge on any atom is -0.0940 e. The van der Waals surface area contributed by atoms with E-state index >= 15 is 0 Å². The fourth-order valence-electron chi connectivity index (χ4n) is 0.982. The van der Waals surface area contributed by atoms with E-state index in [4.69, 9.17) is 5.53 Å². The average molecular weight is 141 g/mol. The topological polar surface area (TPSA) is 48.8 Å². The Labute approximate surface area is 62.1 Å². The number of azide groups is 1. The normalized spacial score (nSPS) is 9.50.